The van der Waals surface area contributed by atoms with Crippen molar-refractivity contribution >= 4 is 58.6 Å². The molecule has 0 saturated heterocycles. The number of amides is 6. The van der Waals surface area contributed by atoms with E-state index < -0.39 is 72.1 Å². The van der Waals surface area contributed by atoms with E-state index in [0.29, 0.717) is 19.4 Å². The van der Waals surface area contributed by atoms with Crippen LogP contribution in [0.15, 0.2) is 67.0 Å². The van der Waals surface area contributed by atoms with Crippen LogP contribution in [0, 0.1) is 5.92 Å². The van der Waals surface area contributed by atoms with Crippen LogP contribution in [0.1, 0.15) is 74.7 Å². The molecule has 0 saturated carbocycles. The molecule has 0 fully saturated rings. The molecule has 1 aromatic heterocycles. The molecule has 18 nitrogen and oxygen atoms in total. The number of fused-ring (bicyclic) bond motifs is 1. The zero-order valence-corrected chi connectivity index (χ0v) is 33.0. The lowest BCUT2D eigenvalue weighted by Crippen LogP contribution is -2.57. The zero-order valence-electron chi connectivity index (χ0n) is 32.2. The SMILES string of the molecule is CC(C)C[C@H](NC(=O)[C@H](CCC(N)=O)NC(=O)[C@H](Cc1cccc2ccccc12)NC(=O)c1cccnc1)[C@@H](O)CC(=O)N[C@@H](CCCCN)C(N)=O.Cl.O.O.O. The van der Waals surface area contributed by atoms with Gasteiger partial charge in [-0.2, -0.15) is 0 Å². The molecule has 17 N–H and O–H groups in total. The number of hydrogen-bond donors (Lipinski definition) is 8. The van der Waals surface area contributed by atoms with Crippen molar-refractivity contribution in [1.82, 2.24) is 26.3 Å². The van der Waals surface area contributed by atoms with E-state index in [1.165, 1.54) is 12.4 Å². The van der Waals surface area contributed by atoms with Crippen LogP contribution in [0.5, 0.6) is 0 Å². The number of rotatable bonds is 22. The monoisotopic (exact) mass is 822 g/mol. The molecule has 3 rings (SSSR count). The fourth-order valence-electron chi connectivity index (χ4n) is 5.93. The Morgan fingerprint density at radius 2 is 1.44 bits per heavy atom. The molecule has 57 heavy (non-hydrogen) atoms. The van der Waals surface area contributed by atoms with Crippen LogP contribution < -0.4 is 38.5 Å². The van der Waals surface area contributed by atoms with Gasteiger partial charge < -0.3 is 60.0 Å². The Morgan fingerprint density at radius 1 is 0.772 bits per heavy atom. The van der Waals surface area contributed by atoms with Crippen molar-refractivity contribution in [3.8, 4) is 0 Å². The maximum atomic E-state index is 14.0. The van der Waals surface area contributed by atoms with Gasteiger partial charge in [-0.25, -0.2) is 0 Å². The Hall–Kier alpha value is -5.24. The first-order valence-electron chi connectivity index (χ1n) is 17.8. The Bertz CT molecular complexity index is 1710. The summed E-state index contributed by atoms with van der Waals surface area (Å²) < 4.78 is 0. The van der Waals surface area contributed by atoms with Gasteiger partial charge in [0.05, 0.1) is 24.1 Å². The van der Waals surface area contributed by atoms with Gasteiger partial charge in [0.25, 0.3) is 5.91 Å². The van der Waals surface area contributed by atoms with Crippen molar-refractivity contribution < 1.29 is 50.3 Å². The summed E-state index contributed by atoms with van der Waals surface area (Å²) in [4.78, 5) is 81.7. The van der Waals surface area contributed by atoms with Gasteiger partial charge >= 0.3 is 0 Å². The summed E-state index contributed by atoms with van der Waals surface area (Å²) in [5.74, 6) is -4.11. The molecular formula is C38H59ClN8O10. The lowest BCUT2D eigenvalue weighted by atomic mass is 9.96. The molecule has 0 bridgehead atoms. The fourth-order valence-corrected chi connectivity index (χ4v) is 5.93. The first-order valence-corrected chi connectivity index (χ1v) is 17.8. The number of carbonyl (C=O) groups excluding carboxylic acids is 6. The largest absolute Gasteiger partial charge is 0.412 e. The zero-order chi connectivity index (χ0) is 38.9. The number of benzene rings is 2. The van der Waals surface area contributed by atoms with Crippen LogP contribution in [0.2, 0.25) is 0 Å². The van der Waals surface area contributed by atoms with E-state index in [9.17, 15) is 33.9 Å². The molecule has 0 aliphatic rings. The van der Waals surface area contributed by atoms with Crippen molar-refractivity contribution in [2.75, 3.05) is 6.54 Å². The number of primary amides is 2. The van der Waals surface area contributed by atoms with Crippen LogP contribution in [0.25, 0.3) is 10.8 Å². The van der Waals surface area contributed by atoms with E-state index in [1.54, 1.807) is 12.1 Å². The summed E-state index contributed by atoms with van der Waals surface area (Å²) in [7, 11) is 0. The first kappa shape index (κ1) is 53.9. The topological polar surface area (TPSA) is 356 Å². The van der Waals surface area contributed by atoms with Gasteiger partial charge in [-0.1, -0.05) is 56.3 Å². The summed E-state index contributed by atoms with van der Waals surface area (Å²) in [6, 6.07) is 12.0. The molecule has 0 aliphatic heterocycles. The molecule has 3 aromatic rings. The number of nitrogens with two attached hydrogens (primary N) is 3. The molecule has 0 radical (unpaired) electrons. The maximum Gasteiger partial charge on any atom is 0.253 e. The highest BCUT2D eigenvalue weighted by Crippen LogP contribution is 2.20. The maximum absolute atomic E-state index is 14.0. The van der Waals surface area contributed by atoms with Crippen LogP contribution in [-0.4, -0.2) is 98.8 Å². The average Bonchev–Trinajstić information content (AvgIpc) is 3.12. The highest BCUT2D eigenvalue weighted by Gasteiger charge is 2.32. The summed E-state index contributed by atoms with van der Waals surface area (Å²) in [6.45, 7) is 4.14. The molecule has 1 heterocycles. The van der Waals surface area contributed by atoms with Gasteiger partial charge in [-0.15, -0.1) is 12.4 Å². The van der Waals surface area contributed by atoms with Crippen LogP contribution in [-0.2, 0) is 30.4 Å². The van der Waals surface area contributed by atoms with Crippen molar-refractivity contribution in [3.05, 3.63) is 78.1 Å². The summed E-state index contributed by atoms with van der Waals surface area (Å²) >= 11 is 0. The van der Waals surface area contributed by atoms with Crippen LogP contribution >= 0.6 is 12.4 Å². The second kappa shape index (κ2) is 27.4. The van der Waals surface area contributed by atoms with Gasteiger partial charge in [-0.05, 0) is 73.0 Å². The first-order chi connectivity index (χ1) is 25.3. The number of hydrogen-bond acceptors (Lipinski definition) is 9. The number of nitrogens with zero attached hydrogens (tertiary/aromatic N) is 1. The number of halogens is 1. The van der Waals surface area contributed by atoms with E-state index >= 15 is 0 Å². The number of aliphatic hydroxyl groups excluding tert-OH is 1. The summed E-state index contributed by atoms with van der Waals surface area (Å²) in [6.07, 6.45) is 2.39. The summed E-state index contributed by atoms with van der Waals surface area (Å²) in [5, 5.41) is 23.7. The molecule has 6 amide bonds. The van der Waals surface area contributed by atoms with Crippen LogP contribution in [0.3, 0.4) is 0 Å². The average molecular weight is 823 g/mol. The van der Waals surface area contributed by atoms with Crippen molar-refractivity contribution in [2.24, 2.45) is 23.1 Å². The van der Waals surface area contributed by atoms with Gasteiger partial charge in [-0.3, -0.25) is 33.8 Å². The standard InChI is InChI=1S/C38H52N8O7.ClH.3H2O/c1-23(2)19-30(32(47)21-34(49)43-28(35(41)50)14-5-6-17-39)45-37(52)29(15-16-33(40)48)44-38(53)31(46-36(51)26-12-8-18-42-22-26)20-25-11-7-10-24-9-3-4-13-27(24)25;;;;/h3-4,7-13,18,22-23,28-32,47H,5-6,14-17,19-21,39H2,1-2H3,(H2,40,48)(H2,41,50)(H,43,49)(H,44,53)(H,45,52)(H,46,51);1H;3*1H2/t28-,29-,30-,31-,32-;;;;/m0..../s1. The van der Waals surface area contributed by atoms with Gasteiger partial charge in [0.1, 0.15) is 18.1 Å². The van der Waals surface area contributed by atoms with E-state index in [1.807, 2.05) is 56.3 Å². The van der Waals surface area contributed by atoms with Crippen molar-refractivity contribution in [3.63, 3.8) is 0 Å². The normalized spacial score (nSPS) is 13.0. The Labute approximate surface area is 337 Å². The second-order valence-electron chi connectivity index (χ2n) is 13.5. The smallest absolute Gasteiger partial charge is 0.253 e. The third-order valence-electron chi connectivity index (χ3n) is 8.70. The third kappa shape index (κ3) is 18.1. The highest BCUT2D eigenvalue weighted by atomic mass is 35.5. The minimum Gasteiger partial charge on any atom is -0.412 e. The number of carbonyl (C=O) groups is 6. The van der Waals surface area contributed by atoms with Crippen molar-refractivity contribution in [2.45, 2.75) is 95.5 Å². The van der Waals surface area contributed by atoms with Crippen molar-refractivity contribution in [1.29, 1.82) is 0 Å². The van der Waals surface area contributed by atoms with E-state index in [-0.39, 0.29) is 72.4 Å². The summed E-state index contributed by atoms with van der Waals surface area (Å²) in [5.41, 5.74) is 17.4. The minimum absolute atomic E-state index is 0. The molecule has 0 spiro atoms. The van der Waals surface area contributed by atoms with Gasteiger partial charge in [0.15, 0.2) is 0 Å². The van der Waals surface area contributed by atoms with E-state index in [2.05, 4.69) is 26.3 Å². The number of pyridine rings is 1. The number of unbranched alkanes of at least 4 members (excludes halogenated alkanes) is 1. The Balaban J connectivity index is 0. The van der Waals surface area contributed by atoms with E-state index in [0.717, 1.165) is 16.3 Å². The molecule has 19 heteroatoms. The number of aromatic nitrogens is 1. The Morgan fingerprint density at radius 3 is 2.05 bits per heavy atom. The van der Waals surface area contributed by atoms with Gasteiger partial charge in [0.2, 0.25) is 29.5 Å². The van der Waals surface area contributed by atoms with Crippen LogP contribution in [0.4, 0.5) is 0 Å². The molecule has 2 aromatic carbocycles. The highest BCUT2D eigenvalue weighted by molar-refractivity contribution is 5.99. The fraction of sp³-hybridized carbons (Fsp3) is 0.447. The molecule has 5 atom stereocenters. The molecule has 0 aliphatic carbocycles. The minimum atomic E-state index is -1.38. The second-order valence-corrected chi connectivity index (χ2v) is 13.5. The molecule has 318 valence electrons. The van der Waals surface area contributed by atoms with Gasteiger partial charge in [0, 0.05) is 25.2 Å². The number of nitrogens with one attached hydrogen (secondary N) is 4. The number of aliphatic hydroxyl groups is 1. The third-order valence-corrected chi connectivity index (χ3v) is 8.70. The predicted octanol–water partition coefficient (Wildman–Crippen LogP) is -1.35. The lowest BCUT2D eigenvalue weighted by Gasteiger charge is -2.29. The molecule has 0 unspecified atom stereocenters. The predicted molar refractivity (Wildman–Crippen MR) is 218 cm³/mol. The van der Waals surface area contributed by atoms with E-state index in [4.69, 9.17) is 17.2 Å². The Kier molecular flexibility index (Phi) is 25.9. The quantitative estimate of drug-likeness (QED) is 0.0555. The molecular weight excluding hydrogens is 764 g/mol. The lowest BCUT2D eigenvalue weighted by molar-refractivity contribution is -0.132.